The Balaban J connectivity index is 2.66. The molecule has 0 amide bonds. The molecule has 0 saturated heterocycles. The van der Waals surface area contributed by atoms with Gasteiger partial charge in [0.2, 0.25) is 0 Å². The minimum Gasteiger partial charge on any atom is -0.360 e. The van der Waals surface area contributed by atoms with Gasteiger partial charge < -0.3 is 4.98 Å². The van der Waals surface area contributed by atoms with Gasteiger partial charge in [-0.3, -0.25) is 0 Å². The van der Waals surface area contributed by atoms with E-state index in [1.54, 1.807) is 24.4 Å². The van der Waals surface area contributed by atoms with E-state index in [2.05, 4.69) is 4.98 Å². The van der Waals surface area contributed by atoms with Crippen LogP contribution in [0.15, 0.2) is 35.4 Å². The van der Waals surface area contributed by atoms with Crippen molar-refractivity contribution in [3.05, 3.63) is 40.5 Å². The van der Waals surface area contributed by atoms with Crippen LogP contribution in [0.2, 0.25) is 10.0 Å². The van der Waals surface area contributed by atoms with Crippen molar-refractivity contribution in [1.29, 1.82) is 0 Å². The number of hydrogen-bond acceptors (Lipinski definition) is 2. The van der Waals surface area contributed by atoms with Crippen molar-refractivity contribution < 1.29 is 8.42 Å². The molecule has 1 heterocycles. The summed E-state index contributed by atoms with van der Waals surface area (Å²) in [4.78, 5) is 3.11. The molecule has 0 aliphatic rings. The highest BCUT2D eigenvalue weighted by atomic mass is 35.5. The van der Waals surface area contributed by atoms with Gasteiger partial charge in [0.25, 0.3) is 0 Å². The lowest BCUT2D eigenvalue weighted by Crippen LogP contribution is -1.97. The average Bonchev–Trinajstić information content (AvgIpc) is 2.65. The summed E-state index contributed by atoms with van der Waals surface area (Å²) >= 11 is 11.8. The third-order valence-electron chi connectivity index (χ3n) is 2.31. The molecule has 0 aliphatic carbocycles. The van der Waals surface area contributed by atoms with Gasteiger partial charge >= 0.3 is 0 Å². The number of aromatic nitrogens is 1. The van der Waals surface area contributed by atoms with Crippen molar-refractivity contribution >= 4 is 33.0 Å². The quantitative estimate of drug-likeness (QED) is 0.921. The number of nitrogens with one attached hydrogen (secondary N) is 1. The molecule has 0 aliphatic heterocycles. The molecule has 2 aromatic rings. The maximum Gasteiger partial charge on any atom is 0.177 e. The number of hydrogen-bond donors (Lipinski definition) is 1. The summed E-state index contributed by atoms with van der Waals surface area (Å²) in [5, 5.41) is 0.913. The normalized spacial score (nSPS) is 11.7. The van der Waals surface area contributed by atoms with Crippen LogP contribution in [0.25, 0.3) is 11.3 Å². The zero-order chi connectivity index (χ0) is 12.6. The number of halogens is 2. The Bertz CT molecular complexity index is 662. The van der Waals surface area contributed by atoms with E-state index in [0.29, 0.717) is 21.3 Å². The molecular weight excluding hydrogens is 281 g/mol. The molecule has 0 atom stereocenters. The molecule has 1 N–H and O–H groups in total. The number of sulfone groups is 1. The Morgan fingerprint density at radius 1 is 1.18 bits per heavy atom. The van der Waals surface area contributed by atoms with Crippen LogP contribution in [0.1, 0.15) is 0 Å². The zero-order valence-electron chi connectivity index (χ0n) is 8.87. The lowest BCUT2D eigenvalue weighted by Gasteiger charge is -2.05. The van der Waals surface area contributed by atoms with E-state index < -0.39 is 9.84 Å². The SMILES string of the molecule is CS(=O)(=O)c1cc[nH]c1-c1ccc(Cl)cc1Cl. The van der Waals surface area contributed by atoms with E-state index >= 15 is 0 Å². The molecule has 2 rings (SSSR count). The molecule has 0 spiro atoms. The molecular formula is C11H9Cl2NO2S. The van der Waals surface area contributed by atoms with E-state index in [9.17, 15) is 8.42 Å². The fraction of sp³-hybridized carbons (Fsp3) is 0.0909. The Labute approximate surface area is 109 Å². The van der Waals surface area contributed by atoms with Gasteiger partial charge in [0.15, 0.2) is 9.84 Å². The molecule has 1 aromatic carbocycles. The van der Waals surface area contributed by atoms with Crippen LogP contribution in [0.3, 0.4) is 0 Å². The van der Waals surface area contributed by atoms with Crippen LogP contribution in [0.4, 0.5) is 0 Å². The minimum absolute atomic E-state index is 0.224. The summed E-state index contributed by atoms with van der Waals surface area (Å²) in [7, 11) is -3.29. The van der Waals surface area contributed by atoms with Gasteiger partial charge in [-0.1, -0.05) is 23.2 Å². The average molecular weight is 290 g/mol. The summed E-state index contributed by atoms with van der Waals surface area (Å²) in [6.07, 6.45) is 2.72. The molecule has 17 heavy (non-hydrogen) atoms. The Morgan fingerprint density at radius 2 is 1.88 bits per heavy atom. The third-order valence-corrected chi connectivity index (χ3v) is 4.00. The number of H-pyrrole nitrogens is 1. The van der Waals surface area contributed by atoms with Gasteiger partial charge in [-0.15, -0.1) is 0 Å². The molecule has 0 saturated carbocycles. The van der Waals surface area contributed by atoms with Crippen molar-refractivity contribution in [2.75, 3.05) is 6.26 Å². The number of rotatable bonds is 2. The van der Waals surface area contributed by atoms with Crippen LogP contribution in [-0.2, 0) is 9.84 Å². The van der Waals surface area contributed by atoms with E-state index in [1.165, 1.54) is 6.07 Å². The van der Waals surface area contributed by atoms with Crippen LogP contribution >= 0.6 is 23.2 Å². The molecule has 1 aromatic heterocycles. The fourth-order valence-electron chi connectivity index (χ4n) is 1.57. The second-order valence-corrected chi connectivity index (χ2v) is 6.44. The summed E-state index contributed by atoms with van der Waals surface area (Å²) < 4.78 is 23.2. The maximum atomic E-state index is 11.6. The van der Waals surface area contributed by atoms with E-state index in [0.717, 1.165) is 6.26 Å². The zero-order valence-corrected chi connectivity index (χ0v) is 11.2. The Kier molecular flexibility index (Phi) is 3.21. The summed E-state index contributed by atoms with van der Waals surface area (Å²) in [6.45, 7) is 0. The second kappa shape index (κ2) is 4.37. The smallest absolute Gasteiger partial charge is 0.177 e. The van der Waals surface area contributed by atoms with Crippen molar-refractivity contribution in [2.45, 2.75) is 4.90 Å². The van der Waals surface area contributed by atoms with Gasteiger partial charge in [0.05, 0.1) is 15.6 Å². The van der Waals surface area contributed by atoms with Gasteiger partial charge in [0, 0.05) is 23.0 Å². The summed E-state index contributed by atoms with van der Waals surface area (Å²) in [6, 6.07) is 6.43. The van der Waals surface area contributed by atoms with Crippen LogP contribution < -0.4 is 0 Å². The molecule has 3 nitrogen and oxygen atoms in total. The van der Waals surface area contributed by atoms with Gasteiger partial charge in [-0.2, -0.15) is 0 Å². The highest BCUT2D eigenvalue weighted by Gasteiger charge is 2.17. The monoisotopic (exact) mass is 289 g/mol. The van der Waals surface area contributed by atoms with E-state index in [1.807, 2.05) is 0 Å². The first kappa shape index (κ1) is 12.5. The van der Waals surface area contributed by atoms with Crippen LogP contribution in [0, 0.1) is 0 Å². The first-order chi connectivity index (χ1) is 7.89. The first-order valence-electron chi connectivity index (χ1n) is 4.72. The van der Waals surface area contributed by atoms with E-state index in [-0.39, 0.29) is 4.90 Å². The van der Waals surface area contributed by atoms with Crippen molar-refractivity contribution in [3.63, 3.8) is 0 Å². The fourth-order valence-corrected chi connectivity index (χ4v) is 2.92. The van der Waals surface area contributed by atoms with Crippen molar-refractivity contribution in [1.82, 2.24) is 4.98 Å². The maximum absolute atomic E-state index is 11.6. The largest absolute Gasteiger partial charge is 0.360 e. The summed E-state index contributed by atoms with van der Waals surface area (Å²) in [5.74, 6) is 0. The Hall–Kier alpha value is -0.970. The predicted molar refractivity (Wildman–Crippen MR) is 69.4 cm³/mol. The van der Waals surface area contributed by atoms with Crippen LogP contribution in [0.5, 0.6) is 0 Å². The van der Waals surface area contributed by atoms with E-state index in [4.69, 9.17) is 23.2 Å². The molecule has 90 valence electrons. The second-order valence-electron chi connectivity index (χ2n) is 3.61. The number of aromatic amines is 1. The molecule has 0 bridgehead atoms. The summed E-state index contributed by atoms with van der Waals surface area (Å²) in [5.41, 5.74) is 1.09. The highest BCUT2D eigenvalue weighted by molar-refractivity contribution is 7.90. The molecule has 6 heteroatoms. The topological polar surface area (TPSA) is 49.9 Å². The predicted octanol–water partition coefficient (Wildman–Crippen LogP) is 3.39. The highest BCUT2D eigenvalue weighted by Crippen LogP contribution is 2.33. The Morgan fingerprint density at radius 3 is 2.47 bits per heavy atom. The lowest BCUT2D eigenvalue weighted by molar-refractivity contribution is 0.602. The van der Waals surface area contributed by atoms with Crippen molar-refractivity contribution in [2.24, 2.45) is 0 Å². The van der Waals surface area contributed by atoms with Crippen molar-refractivity contribution in [3.8, 4) is 11.3 Å². The standard InChI is InChI=1S/C11H9Cl2NO2S/c1-17(15,16)10-4-5-14-11(10)8-3-2-7(12)6-9(8)13/h2-6,14H,1H3. The minimum atomic E-state index is -3.29. The number of benzene rings is 1. The van der Waals surface area contributed by atoms with Gasteiger partial charge in [-0.25, -0.2) is 8.42 Å². The third kappa shape index (κ3) is 2.49. The first-order valence-corrected chi connectivity index (χ1v) is 7.37. The molecule has 0 unspecified atom stereocenters. The molecule has 0 fully saturated rings. The lowest BCUT2D eigenvalue weighted by atomic mass is 10.1. The molecule has 0 radical (unpaired) electrons. The van der Waals surface area contributed by atoms with Crippen LogP contribution in [-0.4, -0.2) is 19.7 Å². The van der Waals surface area contributed by atoms with Gasteiger partial charge in [0.1, 0.15) is 0 Å². The van der Waals surface area contributed by atoms with Gasteiger partial charge in [-0.05, 0) is 24.3 Å².